The second-order valence-electron chi connectivity index (χ2n) is 2.89. The number of hydrogen-bond donors (Lipinski definition) is 0. The highest BCUT2D eigenvalue weighted by molar-refractivity contribution is 7.81. The fourth-order valence-corrected chi connectivity index (χ4v) is 1.31. The molecule has 0 atom stereocenters. The summed E-state index contributed by atoms with van der Waals surface area (Å²) in [5.74, 6) is -11.1. The van der Waals surface area contributed by atoms with Crippen molar-refractivity contribution in [2.45, 2.75) is 6.61 Å². The molecule has 1 aromatic carbocycles. The highest BCUT2D eigenvalue weighted by atomic mass is 32.3. The molecule has 0 saturated heterocycles. The fraction of sp³-hybridized carbons (Fsp3) is 0.250. The van der Waals surface area contributed by atoms with Crippen LogP contribution >= 0.6 is 0 Å². The maximum Gasteiger partial charge on any atom is 0.399 e. The zero-order chi connectivity index (χ0) is 14.1. The lowest BCUT2D eigenvalue weighted by molar-refractivity contribution is 0.226. The Labute approximate surface area is 98.3 Å². The molecule has 0 saturated carbocycles. The normalized spacial score (nSPS) is 11.9. The van der Waals surface area contributed by atoms with E-state index in [1.165, 1.54) is 0 Å². The van der Waals surface area contributed by atoms with Crippen LogP contribution < -0.4 is 0 Å². The Hall–Kier alpha value is -1.26. The summed E-state index contributed by atoms with van der Waals surface area (Å²) in [6.07, 6.45) is 0. The summed E-state index contributed by atoms with van der Waals surface area (Å²) in [6.45, 7) is -1.39. The molecule has 0 N–H and O–H groups in total. The molecule has 0 heterocycles. The molecular weight excluding hydrogens is 287 g/mol. The smallest absolute Gasteiger partial charge is 0.252 e. The topological polar surface area (TPSA) is 52.6 Å². The van der Waals surface area contributed by atoms with Crippen molar-refractivity contribution in [2.24, 2.45) is 0 Å². The van der Waals surface area contributed by atoms with E-state index in [4.69, 9.17) is 0 Å². The van der Waals surface area contributed by atoms with Gasteiger partial charge in [-0.05, 0) is 0 Å². The van der Waals surface area contributed by atoms with E-state index in [2.05, 4.69) is 8.37 Å². The van der Waals surface area contributed by atoms with E-state index in [9.17, 15) is 30.4 Å². The monoisotopic (exact) mass is 292 g/mol. The van der Waals surface area contributed by atoms with Crippen molar-refractivity contribution < 1.29 is 38.7 Å². The van der Waals surface area contributed by atoms with E-state index in [0.717, 1.165) is 0 Å². The minimum absolute atomic E-state index is 0.688. The Morgan fingerprint density at radius 2 is 1.28 bits per heavy atom. The number of halogens is 5. The van der Waals surface area contributed by atoms with Crippen molar-refractivity contribution in [2.75, 3.05) is 7.11 Å². The van der Waals surface area contributed by atoms with Gasteiger partial charge < -0.3 is 0 Å². The molecular formula is C8H5F5O4S. The Balaban J connectivity index is 3.19. The van der Waals surface area contributed by atoms with Crippen LogP contribution in [0, 0.1) is 29.1 Å². The van der Waals surface area contributed by atoms with Gasteiger partial charge in [0.1, 0.15) is 0 Å². The summed E-state index contributed by atoms with van der Waals surface area (Å²) >= 11 is 0. The van der Waals surface area contributed by atoms with Gasteiger partial charge in [-0.15, -0.1) is 0 Å². The average molecular weight is 292 g/mol. The standard InChI is InChI=1S/C8H5F5O4S/c1-16-18(14,15)17-2-3-4(9)6(11)8(13)7(12)5(3)10/h2H2,1H3. The van der Waals surface area contributed by atoms with Crippen LogP contribution in [0.15, 0.2) is 0 Å². The molecule has 4 nitrogen and oxygen atoms in total. The zero-order valence-electron chi connectivity index (χ0n) is 8.64. The van der Waals surface area contributed by atoms with Gasteiger partial charge in [0.2, 0.25) is 5.82 Å². The van der Waals surface area contributed by atoms with E-state index in [0.29, 0.717) is 7.11 Å². The van der Waals surface area contributed by atoms with E-state index < -0.39 is 51.7 Å². The minimum Gasteiger partial charge on any atom is -0.252 e. The first kappa shape index (κ1) is 14.8. The third kappa shape index (κ3) is 2.76. The van der Waals surface area contributed by atoms with Gasteiger partial charge in [-0.25, -0.2) is 26.1 Å². The molecule has 0 aliphatic heterocycles. The third-order valence-corrected chi connectivity index (χ3v) is 2.67. The van der Waals surface area contributed by atoms with Gasteiger partial charge in [0, 0.05) is 0 Å². The van der Waals surface area contributed by atoms with Gasteiger partial charge in [-0.3, -0.25) is 4.18 Å². The van der Waals surface area contributed by atoms with Gasteiger partial charge in [0.15, 0.2) is 23.3 Å². The Bertz CT molecular complexity index is 542. The van der Waals surface area contributed by atoms with Gasteiger partial charge >= 0.3 is 10.4 Å². The molecule has 0 radical (unpaired) electrons. The van der Waals surface area contributed by atoms with E-state index in [-0.39, 0.29) is 0 Å². The maximum absolute atomic E-state index is 13.0. The van der Waals surface area contributed by atoms with Gasteiger partial charge in [0.05, 0.1) is 19.3 Å². The molecule has 0 fully saturated rings. The maximum atomic E-state index is 13.0. The quantitative estimate of drug-likeness (QED) is 0.482. The van der Waals surface area contributed by atoms with Crippen LogP contribution in [0.3, 0.4) is 0 Å². The molecule has 0 aliphatic carbocycles. The summed E-state index contributed by atoms with van der Waals surface area (Å²) in [7, 11) is -3.87. The summed E-state index contributed by atoms with van der Waals surface area (Å²) in [5, 5.41) is 0. The molecule has 0 spiro atoms. The van der Waals surface area contributed by atoms with E-state index in [1.807, 2.05) is 0 Å². The van der Waals surface area contributed by atoms with Crippen molar-refractivity contribution in [1.82, 2.24) is 0 Å². The van der Waals surface area contributed by atoms with Gasteiger partial charge in [0.25, 0.3) is 0 Å². The van der Waals surface area contributed by atoms with Crippen molar-refractivity contribution in [3.8, 4) is 0 Å². The largest absolute Gasteiger partial charge is 0.399 e. The number of rotatable bonds is 4. The second-order valence-corrected chi connectivity index (χ2v) is 4.27. The van der Waals surface area contributed by atoms with Crippen LogP contribution in [0.2, 0.25) is 0 Å². The Morgan fingerprint density at radius 1 is 0.889 bits per heavy atom. The molecule has 1 rings (SSSR count). The van der Waals surface area contributed by atoms with Crippen LogP contribution in [-0.2, 0) is 25.4 Å². The SMILES string of the molecule is COS(=O)(=O)OCc1c(F)c(F)c(F)c(F)c1F. The number of benzene rings is 1. The van der Waals surface area contributed by atoms with Crippen LogP contribution in [-0.4, -0.2) is 15.5 Å². The molecule has 10 heteroatoms. The van der Waals surface area contributed by atoms with Crippen LogP contribution in [0.4, 0.5) is 22.0 Å². The second kappa shape index (κ2) is 5.16. The predicted octanol–water partition coefficient (Wildman–Crippen LogP) is 1.79. The molecule has 1 aromatic rings. The highest BCUT2D eigenvalue weighted by Gasteiger charge is 2.26. The summed E-state index contributed by atoms with van der Waals surface area (Å²) in [4.78, 5) is 0. The van der Waals surface area contributed by atoms with Crippen LogP contribution in [0.1, 0.15) is 5.56 Å². The molecule has 0 amide bonds. The summed E-state index contributed by atoms with van der Waals surface area (Å²) in [6, 6.07) is 0. The molecule has 0 aromatic heterocycles. The lowest BCUT2D eigenvalue weighted by Crippen LogP contribution is -2.12. The summed E-state index contributed by atoms with van der Waals surface area (Å²) < 4.78 is 93.2. The minimum atomic E-state index is -4.56. The Morgan fingerprint density at radius 3 is 1.67 bits per heavy atom. The van der Waals surface area contributed by atoms with E-state index in [1.54, 1.807) is 0 Å². The van der Waals surface area contributed by atoms with Crippen molar-refractivity contribution in [3.63, 3.8) is 0 Å². The van der Waals surface area contributed by atoms with Gasteiger partial charge in [-0.2, -0.15) is 8.42 Å². The van der Waals surface area contributed by atoms with Crippen LogP contribution in [0.25, 0.3) is 0 Å². The fourth-order valence-electron chi connectivity index (χ4n) is 0.956. The van der Waals surface area contributed by atoms with Crippen LogP contribution in [0.5, 0.6) is 0 Å². The molecule has 18 heavy (non-hydrogen) atoms. The molecule has 102 valence electrons. The lowest BCUT2D eigenvalue weighted by atomic mass is 10.2. The first-order chi connectivity index (χ1) is 8.21. The first-order valence-electron chi connectivity index (χ1n) is 4.16. The zero-order valence-corrected chi connectivity index (χ0v) is 9.45. The predicted molar refractivity (Wildman–Crippen MR) is 46.9 cm³/mol. The highest BCUT2D eigenvalue weighted by Crippen LogP contribution is 2.23. The number of hydrogen-bond acceptors (Lipinski definition) is 4. The molecule has 0 aliphatic rings. The molecule has 0 bridgehead atoms. The lowest BCUT2D eigenvalue weighted by Gasteiger charge is -2.08. The Kier molecular flexibility index (Phi) is 4.24. The average Bonchev–Trinajstić information content (AvgIpc) is 2.34. The van der Waals surface area contributed by atoms with Crippen molar-refractivity contribution >= 4 is 10.4 Å². The summed E-state index contributed by atoms with van der Waals surface area (Å²) in [5.41, 5.74) is -1.41. The van der Waals surface area contributed by atoms with Crippen molar-refractivity contribution in [3.05, 3.63) is 34.6 Å². The molecule has 0 unspecified atom stereocenters. The van der Waals surface area contributed by atoms with Crippen molar-refractivity contribution in [1.29, 1.82) is 0 Å². The first-order valence-corrected chi connectivity index (χ1v) is 5.50. The third-order valence-electron chi connectivity index (χ3n) is 1.85. The van der Waals surface area contributed by atoms with E-state index >= 15 is 0 Å². The van der Waals surface area contributed by atoms with Gasteiger partial charge in [-0.1, -0.05) is 0 Å².